The molecular weight excluding hydrogens is 226 g/mol. The normalized spacial score (nSPS) is 11.1. The van der Waals surface area contributed by atoms with Gasteiger partial charge in [0.15, 0.2) is 0 Å². The summed E-state index contributed by atoms with van der Waals surface area (Å²) in [7, 11) is 3.98. The van der Waals surface area contributed by atoms with Gasteiger partial charge in [0.25, 0.3) is 0 Å². The van der Waals surface area contributed by atoms with Crippen LogP contribution in [0.4, 0.5) is 0 Å². The maximum Gasteiger partial charge on any atom is 0.224 e. The maximum atomic E-state index is 11.8. The van der Waals surface area contributed by atoms with Gasteiger partial charge in [-0.15, -0.1) is 0 Å². The number of carbonyl (C=O) groups excluding carboxylic acids is 1. The van der Waals surface area contributed by atoms with Crippen LogP contribution in [0.5, 0.6) is 0 Å². The molecule has 0 saturated carbocycles. The lowest BCUT2D eigenvalue weighted by Crippen LogP contribution is -2.32. The smallest absolute Gasteiger partial charge is 0.224 e. The van der Waals surface area contributed by atoms with Crippen LogP contribution >= 0.6 is 0 Å². The van der Waals surface area contributed by atoms with Gasteiger partial charge in [-0.05, 0) is 25.7 Å². The Balaban J connectivity index is 1.95. The topological polar surface area (TPSA) is 48.1 Å². The van der Waals surface area contributed by atoms with Gasteiger partial charge in [-0.1, -0.05) is 18.2 Å². The highest BCUT2D eigenvalue weighted by Gasteiger charge is 2.07. The molecule has 0 saturated heterocycles. The van der Waals surface area contributed by atoms with E-state index in [4.69, 9.17) is 0 Å². The predicted octanol–water partition coefficient (Wildman–Crippen LogP) is 1.39. The van der Waals surface area contributed by atoms with Gasteiger partial charge < -0.3 is 15.2 Å². The van der Waals surface area contributed by atoms with Crippen LogP contribution in [0.3, 0.4) is 0 Å². The van der Waals surface area contributed by atoms with E-state index < -0.39 is 0 Å². The molecule has 0 bridgehead atoms. The summed E-state index contributed by atoms with van der Waals surface area (Å²) in [6.45, 7) is 1.55. The Morgan fingerprint density at radius 2 is 2.11 bits per heavy atom. The first-order chi connectivity index (χ1) is 8.66. The molecule has 0 spiro atoms. The summed E-state index contributed by atoms with van der Waals surface area (Å²) in [5.74, 6) is 0.0709. The van der Waals surface area contributed by atoms with E-state index in [1.807, 2.05) is 49.5 Å². The predicted molar refractivity (Wildman–Crippen MR) is 73.6 cm³/mol. The fourth-order valence-corrected chi connectivity index (χ4v) is 1.93. The number of aromatic amines is 1. The van der Waals surface area contributed by atoms with E-state index in [1.165, 1.54) is 0 Å². The Labute approximate surface area is 107 Å². The highest BCUT2D eigenvalue weighted by Crippen LogP contribution is 2.17. The summed E-state index contributed by atoms with van der Waals surface area (Å²) in [5.41, 5.74) is 2.13. The summed E-state index contributed by atoms with van der Waals surface area (Å²) in [5, 5.41) is 4.05. The molecule has 0 aliphatic heterocycles. The average Bonchev–Trinajstić information content (AvgIpc) is 2.72. The zero-order chi connectivity index (χ0) is 13.0. The molecule has 1 aromatic carbocycles. The van der Waals surface area contributed by atoms with E-state index in [1.54, 1.807) is 0 Å². The largest absolute Gasteiger partial charge is 0.361 e. The first-order valence-corrected chi connectivity index (χ1v) is 6.13. The highest BCUT2D eigenvalue weighted by molar-refractivity contribution is 5.88. The number of amides is 1. The van der Waals surface area contributed by atoms with Crippen LogP contribution < -0.4 is 5.32 Å². The van der Waals surface area contributed by atoms with Crippen molar-refractivity contribution in [1.29, 1.82) is 0 Å². The van der Waals surface area contributed by atoms with E-state index in [2.05, 4.69) is 10.3 Å². The highest BCUT2D eigenvalue weighted by atomic mass is 16.1. The third-order valence-electron chi connectivity index (χ3n) is 2.91. The number of aromatic nitrogens is 1. The molecule has 4 nitrogen and oxygen atoms in total. The number of benzene rings is 1. The van der Waals surface area contributed by atoms with E-state index in [0.717, 1.165) is 23.0 Å². The Hall–Kier alpha value is -1.81. The first kappa shape index (κ1) is 12.6. The van der Waals surface area contributed by atoms with Crippen molar-refractivity contribution < 1.29 is 4.79 Å². The summed E-state index contributed by atoms with van der Waals surface area (Å²) in [6, 6.07) is 8.03. The van der Waals surface area contributed by atoms with Gasteiger partial charge in [-0.3, -0.25) is 4.79 Å². The number of carbonyl (C=O) groups is 1. The minimum Gasteiger partial charge on any atom is -0.361 e. The lowest BCUT2D eigenvalue weighted by molar-refractivity contribution is -0.120. The second-order valence-corrected chi connectivity index (χ2v) is 4.69. The van der Waals surface area contributed by atoms with Gasteiger partial charge in [-0.2, -0.15) is 0 Å². The fraction of sp³-hybridized carbons (Fsp3) is 0.357. The number of rotatable bonds is 5. The number of nitrogens with zero attached hydrogens (tertiary/aromatic N) is 1. The van der Waals surface area contributed by atoms with Gasteiger partial charge in [0.2, 0.25) is 5.91 Å². The number of hydrogen-bond acceptors (Lipinski definition) is 2. The number of H-pyrrole nitrogens is 1. The number of hydrogen-bond donors (Lipinski definition) is 2. The number of fused-ring (bicyclic) bond motifs is 1. The number of para-hydroxylation sites is 1. The molecular formula is C14H19N3O. The summed E-state index contributed by atoms with van der Waals surface area (Å²) in [6.07, 6.45) is 2.34. The number of likely N-dealkylation sites (N-methyl/N-ethyl adjacent to an activating group) is 1. The molecule has 0 radical (unpaired) electrons. The van der Waals surface area contributed by atoms with Crippen molar-refractivity contribution in [2.24, 2.45) is 0 Å². The Morgan fingerprint density at radius 3 is 2.89 bits per heavy atom. The lowest BCUT2D eigenvalue weighted by atomic mass is 10.1. The lowest BCUT2D eigenvalue weighted by Gasteiger charge is -2.10. The number of nitrogens with one attached hydrogen (secondary N) is 2. The van der Waals surface area contributed by atoms with Gasteiger partial charge in [0.1, 0.15) is 0 Å². The molecule has 2 rings (SSSR count). The second kappa shape index (κ2) is 5.69. The maximum absolute atomic E-state index is 11.8. The van der Waals surface area contributed by atoms with Gasteiger partial charge >= 0.3 is 0 Å². The van der Waals surface area contributed by atoms with Gasteiger partial charge in [-0.25, -0.2) is 0 Å². The average molecular weight is 245 g/mol. The van der Waals surface area contributed by atoms with Gasteiger partial charge in [0.05, 0.1) is 6.42 Å². The Morgan fingerprint density at radius 1 is 1.33 bits per heavy atom. The molecule has 96 valence electrons. The fourth-order valence-electron chi connectivity index (χ4n) is 1.93. The molecule has 1 aromatic heterocycles. The summed E-state index contributed by atoms with van der Waals surface area (Å²) >= 11 is 0. The molecule has 1 amide bonds. The van der Waals surface area contributed by atoms with Crippen molar-refractivity contribution in [3.8, 4) is 0 Å². The molecule has 0 aliphatic carbocycles. The summed E-state index contributed by atoms with van der Waals surface area (Å²) < 4.78 is 0. The molecule has 2 N–H and O–H groups in total. The van der Waals surface area contributed by atoms with E-state index in [9.17, 15) is 4.79 Å². The monoisotopic (exact) mass is 245 g/mol. The third-order valence-corrected chi connectivity index (χ3v) is 2.91. The van der Waals surface area contributed by atoms with Crippen LogP contribution in [0, 0.1) is 0 Å². The van der Waals surface area contributed by atoms with Crippen LogP contribution in [0.2, 0.25) is 0 Å². The standard InChI is InChI=1S/C14H19N3O/c1-17(2)8-7-15-14(18)9-11-10-16-13-6-4-3-5-12(11)13/h3-6,10,16H,7-9H2,1-2H3,(H,15,18). The molecule has 18 heavy (non-hydrogen) atoms. The minimum atomic E-state index is 0.0709. The Bertz CT molecular complexity index is 531. The van der Waals surface area contributed by atoms with Gasteiger partial charge in [0, 0.05) is 30.2 Å². The second-order valence-electron chi connectivity index (χ2n) is 4.69. The van der Waals surface area contributed by atoms with Crippen LogP contribution in [0.25, 0.3) is 10.9 Å². The summed E-state index contributed by atoms with van der Waals surface area (Å²) in [4.78, 5) is 17.0. The van der Waals surface area contributed by atoms with Crippen LogP contribution in [0.1, 0.15) is 5.56 Å². The van der Waals surface area contributed by atoms with E-state index in [-0.39, 0.29) is 5.91 Å². The van der Waals surface area contributed by atoms with Crippen LogP contribution in [-0.2, 0) is 11.2 Å². The Kier molecular flexibility index (Phi) is 3.99. The molecule has 0 fully saturated rings. The van der Waals surface area contributed by atoms with E-state index >= 15 is 0 Å². The zero-order valence-electron chi connectivity index (χ0n) is 10.9. The van der Waals surface area contributed by atoms with Crippen molar-refractivity contribution in [3.05, 3.63) is 36.0 Å². The molecule has 0 unspecified atom stereocenters. The van der Waals surface area contributed by atoms with Crippen LogP contribution in [0.15, 0.2) is 30.5 Å². The SMILES string of the molecule is CN(C)CCNC(=O)Cc1c[nH]c2ccccc12. The van der Waals surface area contributed by atoms with Crippen molar-refractivity contribution in [2.45, 2.75) is 6.42 Å². The van der Waals surface area contributed by atoms with Crippen molar-refractivity contribution in [3.63, 3.8) is 0 Å². The quantitative estimate of drug-likeness (QED) is 0.836. The molecule has 2 aromatic rings. The van der Waals surface area contributed by atoms with Crippen molar-refractivity contribution in [1.82, 2.24) is 15.2 Å². The third kappa shape index (κ3) is 3.11. The van der Waals surface area contributed by atoms with E-state index in [0.29, 0.717) is 13.0 Å². The van der Waals surface area contributed by atoms with Crippen molar-refractivity contribution in [2.75, 3.05) is 27.2 Å². The molecule has 0 aliphatic rings. The first-order valence-electron chi connectivity index (χ1n) is 6.13. The minimum absolute atomic E-state index is 0.0709. The molecule has 0 atom stereocenters. The zero-order valence-corrected chi connectivity index (χ0v) is 10.9. The van der Waals surface area contributed by atoms with Crippen molar-refractivity contribution >= 4 is 16.8 Å². The van der Waals surface area contributed by atoms with Crippen LogP contribution in [-0.4, -0.2) is 43.0 Å². The molecule has 1 heterocycles. The molecule has 4 heteroatoms.